The Kier molecular flexibility index (Phi) is 12.1. The minimum atomic E-state index is 0. The van der Waals surface area contributed by atoms with Crippen LogP contribution in [0.4, 0.5) is 0 Å². The maximum absolute atomic E-state index is 5.73. The molecule has 0 unspecified atom stereocenters. The fourth-order valence-corrected chi connectivity index (χ4v) is 3.25. The number of rotatable bonds is 10. The van der Waals surface area contributed by atoms with Gasteiger partial charge in [0.25, 0.3) is 0 Å². The van der Waals surface area contributed by atoms with Gasteiger partial charge in [-0.15, -0.1) is 35.3 Å². The van der Waals surface area contributed by atoms with Gasteiger partial charge in [-0.1, -0.05) is 12.1 Å². The number of thiazole rings is 1. The van der Waals surface area contributed by atoms with E-state index < -0.39 is 0 Å². The number of nitrogens with zero attached hydrogens (tertiary/aromatic N) is 2. The van der Waals surface area contributed by atoms with Crippen LogP contribution in [0.2, 0.25) is 0 Å². The Hall–Kier alpha value is -1.39. The molecule has 6 nitrogen and oxygen atoms in total. The molecule has 0 saturated heterocycles. The molecule has 0 amide bonds. The van der Waals surface area contributed by atoms with Crippen LogP contribution in [0.3, 0.4) is 0 Å². The molecule has 156 valence electrons. The summed E-state index contributed by atoms with van der Waals surface area (Å²) in [5.41, 5.74) is 2.24. The Labute approximate surface area is 189 Å². The highest BCUT2D eigenvalue weighted by Gasteiger charge is 2.04. The lowest BCUT2D eigenvalue weighted by atomic mass is 10.2. The molecule has 0 aliphatic rings. The van der Waals surface area contributed by atoms with E-state index in [4.69, 9.17) is 9.47 Å². The minimum absolute atomic E-state index is 0. The second-order valence-corrected chi connectivity index (χ2v) is 7.41. The van der Waals surface area contributed by atoms with Crippen LogP contribution in [-0.2, 0) is 17.9 Å². The van der Waals surface area contributed by atoms with Crippen molar-refractivity contribution in [3.8, 4) is 5.75 Å². The Morgan fingerprint density at radius 3 is 2.54 bits per heavy atom. The highest BCUT2D eigenvalue weighted by Crippen LogP contribution is 2.17. The summed E-state index contributed by atoms with van der Waals surface area (Å²) in [6.45, 7) is 9.74. The number of aliphatic imine (C=N–C) groups is 1. The first-order valence-electron chi connectivity index (χ1n) is 9.28. The Morgan fingerprint density at radius 1 is 1.18 bits per heavy atom. The maximum Gasteiger partial charge on any atom is 0.191 e. The summed E-state index contributed by atoms with van der Waals surface area (Å²) in [5, 5.41) is 7.66. The minimum Gasteiger partial charge on any atom is -0.497 e. The first kappa shape index (κ1) is 24.6. The molecule has 0 atom stereocenters. The van der Waals surface area contributed by atoms with Gasteiger partial charge in [0, 0.05) is 24.6 Å². The third-order valence-corrected chi connectivity index (χ3v) is 5.03. The van der Waals surface area contributed by atoms with Crippen molar-refractivity contribution < 1.29 is 9.47 Å². The van der Waals surface area contributed by atoms with E-state index in [1.807, 2.05) is 31.2 Å². The molecule has 2 rings (SSSR count). The first-order valence-corrected chi connectivity index (χ1v) is 10.1. The highest BCUT2D eigenvalue weighted by atomic mass is 127. The molecule has 0 aliphatic heterocycles. The van der Waals surface area contributed by atoms with E-state index in [0.717, 1.165) is 47.5 Å². The molecule has 1 heterocycles. The van der Waals surface area contributed by atoms with Crippen molar-refractivity contribution in [3.05, 3.63) is 45.4 Å². The van der Waals surface area contributed by atoms with Crippen LogP contribution in [0.1, 0.15) is 34.5 Å². The third kappa shape index (κ3) is 8.74. The zero-order valence-electron chi connectivity index (χ0n) is 17.1. The van der Waals surface area contributed by atoms with Crippen LogP contribution in [0, 0.1) is 13.8 Å². The van der Waals surface area contributed by atoms with E-state index in [2.05, 4.69) is 34.5 Å². The van der Waals surface area contributed by atoms with Crippen molar-refractivity contribution in [2.24, 2.45) is 4.99 Å². The number of benzene rings is 1. The molecular weight excluding hydrogens is 487 g/mol. The zero-order chi connectivity index (χ0) is 19.5. The van der Waals surface area contributed by atoms with Crippen molar-refractivity contribution >= 4 is 41.3 Å². The average molecular weight is 518 g/mol. The monoisotopic (exact) mass is 518 g/mol. The van der Waals surface area contributed by atoms with Gasteiger partial charge in [-0.3, -0.25) is 0 Å². The van der Waals surface area contributed by atoms with Crippen LogP contribution in [0.15, 0.2) is 29.3 Å². The largest absolute Gasteiger partial charge is 0.497 e. The molecule has 0 saturated carbocycles. The van der Waals surface area contributed by atoms with E-state index in [1.54, 1.807) is 18.4 Å². The number of ether oxygens (including phenoxy) is 2. The van der Waals surface area contributed by atoms with Gasteiger partial charge >= 0.3 is 0 Å². The second-order valence-electron chi connectivity index (χ2n) is 6.13. The van der Waals surface area contributed by atoms with E-state index in [-0.39, 0.29) is 24.0 Å². The smallest absolute Gasteiger partial charge is 0.191 e. The Balaban J connectivity index is 0.00000392. The summed E-state index contributed by atoms with van der Waals surface area (Å²) in [4.78, 5) is 10.4. The molecule has 28 heavy (non-hydrogen) atoms. The Morgan fingerprint density at radius 2 is 1.93 bits per heavy atom. The summed E-state index contributed by atoms with van der Waals surface area (Å²) < 4.78 is 10.9. The number of hydrogen-bond donors (Lipinski definition) is 2. The molecule has 0 aliphatic carbocycles. The zero-order valence-corrected chi connectivity index (χ0v) is 20.2. The number of halogens is 1. The molecule has 2 N–H and O–H groups in total. The average Bonchev–Trinajstić information content (AvgIpc) is 3.00. The lowest BCUT2D eigenvalue weighted by molar-refractivity contribution is 0.119. The van der Waals surface area contributed by atoms with E-state index in [1.165, 1.54) is 4.88 Å². The summed E-state index contributed by atoms with van der Waals surface area (Å²) in [6.07, 6.45) is 0.913. The number of nitrogens with one attached hydrogen (secondary N) is 2. The molecule has 0 bridgehead atoms. The lowest BCUT2D eigenvalue weighted by Gasteiger charge is -2.11. The number of aromatic nitrogens is 1. The highest BCUT2D eigenvalue weighted by molar-refractivity contribution is 14.0. The van der Waals surface area contributed by atoms with Crippen molar-refractivity contribution in [1.29, 1.82) is 0 Å². The van der Waals surface area contributed by atoms with Crippen molar-refractivity contribution in [2.75, 3.05) is 26.8 Å². The lowest BCUT2D eigenvalue weighted by Crippen LogP contribution is -2.38. The SMILES string of the molecule is CCNC(=NCc1nc(C)c(C)s1)NCCCOCc1ccc(OC)cc1.I. The van der Waals surface area contributed by atoms with Gasteiger partial charge in [0.15, 0.2) is 5.96 Å². The normalized spacial score (nSPS) is 11.1. The topological polar surface area (TPSA) is 67.8 Å². The van der Waals surface area contributed by atoms with Crippen LogP contribution in [0.5, 0.6) is 5.75 Å². The van der Waals surface area contributed by atoms with Gasteiger partial charge < -0.3 is 20.1 Å². The summed E-state index contributed by atoms with van der Waals surface area (Å²) in [6, 6.07) is 7.94. The fourth-order valence-electron chi connectivity index (χ4n) is 2.39. The first-order chi connectivity index (χ1) is 13.1. The number of aryl methyl sites for hydroxylation is 2. The van der Waals surface area contributed by atoms with Crippen LogP contribution in [0.25, 0.3) is 0 Å². The molecule has 1 aromatic carbocycles. The van der Waals surface area contributed by atoms with Gasteiger partial charge in [-0.05, 0) is 44.9 Å². The molecule has 0 spiro atoms. The van der Waals surface area contributed by atoms with Crippen LogP contribution in [-0.4, -0.2) is 37.7 Å². The van der Waals surface area contributed by atoms with Crippen LogP contribution >= 0.6 is 35.3 Å². The molecule has 0 radical (unpaired) electrons. The summed E-state index contributed by atoms with van der Waals surface area (Å²) in [5.74, 6) is 1.68. The van der Waals surface area contributed by atoms with Gasteiger partial charge in [-0.25, -0.2) is 9.98 Å². The van der Waals surface area contributed by atoms with Crippen molar-refractivity contribution in [3.63, 3.8) is 0 Å². The van der Waals surface area contributed by atoms with Gasteiger partial charge in [0.2, 0.25) is 0 Å². The molecule has 8 heteroatoms. The van der Waals surface area contributed by atoms with E-state index >= 15 is 0 Å². The number of guanidine groups is 1. The fraction of sp³-hybridized carbons (Fsp3) is 0.500. The van der Waals surface area contributed by atoms with Crippen LogP contribution < -0.4 is 15.4 Å². The van der Waals surface area contributed by atoms with Gasteiger partial charge in [-0.2, -0.15) is 0 Å². The summed E-state index contributed by atoms with van der Waals surface area (Å²) >= 11 is 1.71. The predicted octanol–water partition coefficient (Wildman–Crippen LogP) is 4.05. The molecule has 0 fully saturated rings. The summed E-state index contributed by atoms with van der Waals surface area (Å²) in [7, 11) is 1.67. The second kappa shape index (κ2) is 13.7. The van der Waals surface area contributed by atoms with Crippen molar-refractivity contribution in [1.82, 2.24) is 15.6 Å². The molecular formula is C20H31IN4O2S. The predicted molar refractivity (Wildman–Crippen MR) is 127 cm³/mol. The molecule has 1 aromatic heterocycles. The van der Waals surface area contributed by atoms with Gasteiger partial charge in [0.1, 0.15) is 10.8 Å². The van der Waals surface area contributed by atoms with Gasteiger partial charge in [0.05, 0.1) is 26.0 Å². The third-order valence-electron chi connectivity index (χ3n) is 3.98. The van der Waals surface area contributed by atoms with E-state index in [0.29, 0.717) is 19.8 Å². The number of hydrogen-bond acceptors (Lipinski definition) is 5. The Bertz CT molecular complexity index is 700. The van der Waals surface area contributed by atoms with Crippen molar-refractivity contribution in [2.45, 2.75) is 40.3 Å². The number of methoxy groups -OCH3 is 1. The standard InChI is InChI=1S/C20H30N4O2S.HI/c1-5-21-20(23-13-19-24-15(2)16(3)27-19)22-11-6-12-26-14-17-7-9-18(25-4)10-8-17;/h7-10H,5-6,11-14H2,1-4H3,(H2,21,22,23);1H. The maximum atomic E-state index is 5.73. The quantitative estimate of drug-likeness (QED) is 0.215. The van der Waals surface area contributed by atoms with E-state index in [9.17, 15) is 0 Å². The molecule has 2 aromatic rings.